The lowest BCUT2D eigenvalue weighted by molar-refractivity contribution is 0.659. The molecular weight excluding hydrogens is 251 g/mol. The largest absolute Gasteiger partial charge is 0.330 e. The van der Waals surface area contributed by atoms with E-state index in [4.69, 9.17) is 11.5 Å². The van der Waals surface area contributed by atoms with Crippen LogP contribution in [0.25, 0.3) is 0 Å². The smallest absolute Gasteiger partial charge is 0.0318 e. The van der Waals surface area contributed by atoms with Crippen LogP contribution in [0.3, 0.4) is 0 Å². The van der Waals surface area contributed by atoms with Gasteiger partial charge in [-0.25, -0.2) is 0 Å². The molecule has 0 unspecified atom stereocenters. The molecule has 1 atom stereocenters. The lowest BCUT2D eigenvalue weighted by Crippen LogP contribution is -2.15. The molecule has 0 aromatic heterocycles. The number of hydrogen-bond acceptors (Lipinski definition) is 2. The fourth-order valence-corrected chi connectivity index (χ4v) is 1.69. The van der Waals surface area contributed by atoms with E-state index in [0.29, 0.717) is 6.54 Å². The molecule has 0 spiro atoms. The van der Waals surface area contributed by atoms with E-state index < -0.39 is 0 Å². The molecule has 0 radical (unpaired) electrons. The van der Waals surface area contributed by atoms with E-state index in [0.717, 1.165) is 16.5 Å². The maximum absolute atomic E-state index is 5.90. The number of halogens is 2. The van der Waals surface area contributed by atoms with Gasteiger partial charge in [0.2, 0.25) is 0 Å². The second kappa shape index (κ2) is 6.38. The molecule has 0 heterocycles. The topological polar surface area (TPSA) is 52.0 Å². The van der Waals surface area contributed by atoms with Crippen molar-refractivity contribution in [1.29, 1.82) is 0 Å². The molecule has 0 bridgehead atoms. The summed E-state index contributed by atoms with van der Waals surface area (Å²) in [5.74, 6) is 0. The molecule has 1 aromatic rings. The SMILES string of the molecule is Cl.NCC[C@@H](N)c1ccccc1Br. The molecule has 0 saturated carbocycles. The van der Waals surface area contributed by atoms with Crippen molar-refractivity contribution >= 4 is 28.3 Å². The van der Waals surface area contributed by atoms with Crippen LogP contribution in [0.2, 0.25) is 0 Å². The highest BCUT2D eigenvalue weighted by molar-refractivity contribution is 9.10. The Balaban J connectivity index is 0.00000144. The Kier molecular flexibility index (Phi) is 6.33. The molecule has 0 aliphatic carbocycles. The number of rotatable bonds is 3. The number of hydrogen-bond donors (Lipinski definition) is 2. The minimum absolute atomic E-state index is 0. The highest BCUT2D eigenvalue weighted by atomic mass is 79.9. The zero-order valence-electron chi connectivity index (χ0n) is 7.24. The Morgan fingerprint density at radius 3 is 2.46 bits per heavy atom. The van der Waals surface area contributed by atoms with Crippen LogP contribution < -0.4 is 11.5 Å². The third-order valence-corrected chi connectivity index (χ3v) is 2.50. The van der Waals surface area contributed by atoms with Gasteiger partial charge in [-0.3, -0.25) is 0 Å². The summed E-state index contributed by atoms with van der Waals surface area (Å²) in [7, 11) is 0. The van der Waals surface area contributed by atoms with Gasteiger partial charge in [0, 0.05) is 10.5 Å². The molecule has 0 aliphatic rings. The Hall–Kier alpha value is -0.0900. The summed E-state index contributed by atoms with van der Waals surface area (Å²) in [6.07, 6.45) is 0.822. The minimum atomic E-state index is 0. The predicted molar refractivity (Wildman–Crippen MR) is 62.0 cm³/mol. The van der Waals surface area contributed by atoms with Crippen molar-refractivity contribution in [2.24, 2.45) is 11.5 Å². The molecule has 74 valence electrons. The van der Waals surface area contributed by atoms with E-state index in [1.807, 2.05) is 24.3 Å². The van der Waals surface area contributed by atoms with Crippen molar-refractivity contribution < 1.29 is 0 Å². The van der Waals surface area contributed by atoms with Crippen molar-refractivity contribution in [2.45, 2.75) is 12.5 Å². The predicted octanol–water partition coefficient (Wildman–Crippen LogP) is 2.22. The summed E-state index contributed by atoms with van der Waals surface area (Å²) in [4.78, 5) is 0. The minimum Gasteiger partial charge on any atom is -0.330 e. The van der Waals surface area contributed by atoms with Crippen LogP contribution in [0.15, 0.2) is 28.7 Å². The van der Waals surface area contributed by atoms with Crippen LogP contribution >= 0.6 is 28.3 Å². The summed E-state index contributed by atoms with van der Waals surface area (Å²) < 4.78 is 1.06. The van der Waals surface area contributed by atoms with Gasteiger partial charge in [0.15, 0.2) is 0 Å². The fourth-order valence-electron chi connectivity index (χ4n) is 1.11. The van der Waals surface area contributed by atoms with E-state index in [9.17, 15) is 0 Å². The Bertz CT molecular complexity index is 255. The second-order valence-corrected chi connectivity index (χ2v) is 3.56. The molecule has 2 nitrogen and oxygen atoms in total. The van der Waals surface area contributed by atoms with Crippen LogP contribution in [0.1, 0.15) is 18.0 Å². The van der Waals surface area contributed by atoms with E-state index in [-0.39, 0.29) is 18.4 Å². The van der Waals surface area contributed by atoms with Crippen molar-refractivity contribution in [3.8, 4) is 0 Å². The van der Waals surface area contributed by atoms with E-state index in [1.54, 1.807) is 0 Å². The van der Waals surface area contributed by atoms with Gasteiger partial charge in [-0.05, 0) is 24.6 Å². The molecule has 4 heteroatoms. The lowest BCUT2D eigenvalue weighted by atomic mass is 10.1. The van der Waals surface area contributed by atoms with Gasteiger partial charge in [0.1, 0.15) is 0 Å². The quantitative estimate of drug-likeness (QED) is 0.880. The monoisotopic (exact) mass is 264 g/mol. The second-order valence-electron chi connectivity index (χ2n) is 2.71. The first-order chi connectivity index (χ1) is 5.75. The first-order valence-electron chi connectivity index (χ1n) is 3.95. The highest BCUT2D eigenvalue weighted by Gasteiger charge is 2.06. The zero-order chi connectivity index (χ0) is 8.97. The molecule has 1 aromatic carbocycles. The molecular formula is C9H14BrClN2. The van der Waals surface area contributed by atoms with Crippen molar-refractivity contribution in [1.82, 2.24) is 0 Å². The summed E-state index contributed by atoms with van der Waals surface area (Å²) in [5, 5.41) is 0. The van der Waals surface area contributed by atoms with Crippen molar-refractivity contribution in [3.63, 3.8) is 0 Å². The summed E-state index contributed by atoms with van der Waals surface area (Å²) >= 11 is 3.45. The van der Waals surface area contributed by atoms with Crippen LogP contribution in [0.5, 0.6) is 0 Å². The van der Waals surface area contributed by atoms with Gasteiger partial charge in [-0.2, -0.15) is 0 Å². The summed E-state index contributed by atoms with van der Waals surface area (Å²) in [5.41, 5.74) is 12.4. The van der Waals surface area contributed by atoms with Crippen molar-refractivity contribution in [3.05, 3.63) is 34.3 Å². The van der Waals surface area contributed by atoms with Crippen LogP contribution in [0, 0.1) is 0 Å². The Morgan fingerprint density at radius 1 is 1.31 bits per heavy atom. The molecule has 13 heavy (non-hydrogen) atoms. The Morgan fingerprint density at radius 2 is 1.92 bits per heavy atom. The fraction of sp³-hybridized carbons (Fsp3) is 0.333. The number of benzene rings is 1. The van der Waals surface area contributed by atoms with E-state index in [2.05, 4.69) is 15.9 Å². The first-order valence-corrected chi connectivity index (χ1v) is 4.75. The van der Waals surface area contributed by atoms with Gasteiger partial charge < -0.3 is 11.5 Å². The van der Waals surface area contributed by atoms with Crippen LogP contribution in [-0.4, -0.2) is 6.54 Å². The zero-order valence-corrected chi connectivity index (χ0v) is 9.64. The van der Waals surface area contributed by atoms with Gasteiger partial charge in [0.05, 0.1) is 0 Å². The molecule has 0 amide bonds. The maximum atomic E-state index is 5.90. The van der Waals surface area contributed by atoms with Gasteiger partial charge in [-0.15, -0.1) is 12.4 Å². The maximum Gasteiger partial charge on any atom is 0.0318 e. The highest BCUT2D eigenvalue weighted by Crippen LogP contribution is 2.22. The molecule has 4 N–H and O–H groups in total. The van der Waals surface area contributed by atoms with E-state index in [1.165, 1.54) is 0 Å². The van der Waals surface area contributed by atoms with Gasteiger partial charge >= 0.3 is 0 Å². The number of nitrogens with two attached hydrogens (primary N) is 2. The average molecular weight is 266 g/mol. The van der Waals surface area contributed by atoms with Crippen LogP contribution in [0.4, 0.5) is 0 Å². The normalized spacial score (nSPS) is 11.9. The van der Waals surface area contributed by atoms with E-state index >= 15 is 0 Å². The molecule has 0 saturated heterocycles. The molecule has 1 rings (SSSR count). The Labute approximate surface area is 93.2 Å². The molecule has 0 fully saturated rings. The third-order valence-electron chi connectivity index (χ3n) is 1.78. The van der Waals surface area contributed by atoms with Gasteiger partial charge in [-0.1, -0.05) is 34.1 Å². The summed E-state index contributed by atoms with van der Waals surface area (Å²) in [6.45, 7) is 0.627. The van der Waals surface area contributed by atoms with Gasteiger partial charge in [0.25, 0.3) is 0 Å². The summed E-state index contributed by atoms with van der Waals surface area (Å²) in [6, 6.07) is 8.01. The third kappa shape index (κ3) is 3.65. The van der Waals surface area contributed by atoms with Crippen molar-refractivity contribution in [2.75, 3.05) is 6.54 Å². The van der Waals surface area contributed by atoms with Crippen LogP contribution in [-0.2, 0) is 0 Å². The standard InChI is InChI=1S/C9H13BrN2.ClH/c10-8-4-2-1-3-7(8)9(12)5-6-11;/h1-4,9H,5-6,11-12H2;1H/t9-;/m1./s1. The average Bonchev–Trinajstić information content (AvgIpc) is 2.05. The first kappa shape index (κ1) is 12.9. The molecule has 0 aliphatic heterocycles. The lowest BCUT2D eigenvalue weighted by Gasteiger charge is -2.11.